The van der Waals surface area contributed by atoms with Gasteiger partial charge in [0.25, 0.3) is 0 Å². The van der Waals surface area contributed by atoms with Gasteiger partial charge in [-0.1, -0.05) is 18.2 Å². The third-order valence-electron chi connectivity index (χ3n) is 7.13. The molecule has 192 valence electrons. The molecule has 2 unspecified atom stereocenters. The summed E-state index contributed by atoms with van der Waals surface area (Å²) in [4.78, 5) is 18.3. The number of rotatable bonds is 6. The van der Waals surface area contributed by atoms with E-state index in [1.807, 2.05) is 42.0 Å². The number of benzene rings is 2. The molecule has 2 heterocycles. The van der Waals surface area contributed by atoms with Crippen molar-refractivity contribution >= 4 is 17.3 Å². The van der Waals surface area contributed by atoms with Crippen molar-refractivity contribution in [2.75, 3.05) is 11.4 Å². The quantitative estimate of drug-likeness (QED) is 0.375. The van der Waals surface area contributed by atoms with Crippen LogP contribution >= 0.6 is 0 Å². The maximum Gasteiger partial charge on any atom is 0.406 e. The van der Waals surface area contributed by atoms with Crippen molar-refractivity contribution in [1.82, 2.24) is 9.55 Å². The number of hydrogen-bond donors (Lipinski definition) is 2. The molecule has 1 aliphatic carbocycles. The zero-order valence-corrected chi connectivity index (χ0v) is 20.0. The lowest BCUT2D eigenvalue weighted by atomic mass is 9.96. The molecule has 1 amide bonds. The molecule has 2 aromatic carbocycles. The van der Waals surface area contributed by atoms with Crippen LogP contribution in [0.15, 0.2) is 66.3 Å². The van der Waals surface area contributed by atoms with Gasteiger partial charge < -0.3 is 14.8 Å². The lowest BCUT2D eigenvalue weighted by molar-refractivity contribution is -0.606. The minimum Gasteiger partial charge on any atom is -0.315 e. The highest BCUT2D eigenvalue weighted by molar-refractivity contribution is 6.01. The van der Waals surface area contributed by atoms with Gasteiger partial charge in [0, 0.05) is 29.4 Å². The molecule has 0 radical (unpaired) electrons. The van der Waals surface area contributed by atoms with Gasteiger partial charge in [-0.2, -0.15) is 18.3 Å². The average Bonchev–Trinajstić information content (AvgIpc) is 3.43. The summed E-state index contributed by atoms with van der Waals surface area (Å²) in [5.74, 6) is -1.26. The number of carbonyl (C=O) groups excluding carboxylic acids is 1. The molecular formula is C26H25F4N6O+. The standard InChI is InChI=1S/C26H24F4N6O/c1-16-13-35(15-33-16)18-7-5-17(6-8-18)21(34-31)12-32-23-11-25(23)10-9-19-20(27)3-2-4-22(19)36(24(25)37)14-26(28,29)30/h2-8,12-13,15,23,31-32H,9-11,14H2,1H3/p+1/b21-12-,34-31?. The molecule has 1 saturated carbocycles. The first kappa shape index (κ1) is 24.8. The molecule has 0 bridgehead atoms. The van der Waals surface area contributed by atoms with E-state index in [0.717, 1.165) is 11.4 Å². The molecule has 2 atom stereocenters. The Kier molecular flexibility index (Phi) is 6.18. The summed E-state index contributed by atoms with van der Waals surface area (Å²) in [5, 5.41) is 5.34. The molecule has 5 rings (SSSR count). The molecule has 3 N–H and O–H groups in total. The lowest BCUT2D eigenvalue weighted by Crippen LogP contribution is -2.82. The molecule has 2 aliphatic rings. The number of imidazole rings is 1. The molecular weight excluding hydrogens is 488 g/mol. The fourth-order valence-electron chi connectivity index (χ4n) is 5.11. The van der Waals surface area contributed by atoms with Gasteiger partial charge >= 0.3 is 6.18 Å². The van der Waals surface area contributed by atoms with Gasteiger partial charge in [0.05, 0.1) is 17.7 Å². The van der Waals surface area contributed by atoms with Crippen LogP contribution in [-0.2, 0) is 11.2 Å². The monoisotopic (exact) mass is 513 g/mol. The van der Waals surface area contributed by atoms with E-state index in [-0.39, 0.29) is 30.1 Å². The van der Waals surface area contributed by atoms with Crippen molar-refractivity contribution in [3.05, 3.63) is 83.8 Å². The zero-order valence-electron chi connectivity index (χ0n) is 20.0. The van der Waals surface area contributed by atoms with Crippen LogP contribution in [0.3, 0.4) is 0 Å². The van der Waals surface area contributed by atoms with Crippen LogP contribution in [0.2, 0.25) is 0 Å². The Balaban J connectivity index is 1.36. The lowest BCUT2D eigenvalue weighted by Gasteiger charge is -2.26. The van der Waals surface area contributed by atoms with Crippen molar-refractivity contribution < 1.29 is 27.7 Å². The third-order valence-corrected chi connectivity index (χ3v) is 7.13. The molecule has 1 spiro atoms. The minimum absolute atomic E-state index is 0.0181. The summed E-state index contributed by atoms with van der Waals surface area (Å²) >= 11 is 0. The fraction of sp³-hybridized carbons (Fsp3) is 0.308. The van der Waals surface area contributed by atoms with E-state index in [1.165, 1.54) is 18.2 Å². The SMILES string of the molecule is Cc1cn(-c2ccc(/C(=C/[NH2+]C3CC34CCc3c(F)cccc3N(CC(F)(F)F)C4=O)N=N)cc2)cn1. The number of fused-ring (bicyclic) bond motifs is 1. The number of halogens is 4. The Bertz CT molecular complexity index is 1380. The third kappa shape index (κ3) is 4.78. The van der Waals surface area contributed by atoms with E-state index in [4.69, 9.17) is 5.53 Å². The largest absolute Gasteiger partial charge is 0.406 e. The maximum absolute atomic E-state index is 14.5. The van der Waals surface area contributed by atoms with Crippen molar-refractivity contribution in [3.63, 3.8) is 0 Å². The van der Waals surface area contributed by atoms with Gasteiger partial charge in [-0.25, -0.2) is 14.9 Å². The highest BCUT2D eigenvalue weighted by atomic mass is 19.4. The Morgan fingerprint density at radius 3 is 2.68 bits per heavy atom. The molecule has 7 nitrogen and oxygen atoms in total. The van der Waals surface area contributed by atoms with Gasteiger partial charge in [0.2, 0.25) is 5.91 Å². The minimum atomic E-state index is -4.63. The molecule has 37 heavy (non-hydrogen) atoms. The number of carbonyl (C=O) groups is 1. The maximum atomic E-state index is 14.5. The van der Waals surface area contributed by atoms with Crippen LogP contribution < -0.4 is 10.2 Å². The molecule has 0 saturated heterocycles. The number of quaternary nitrogens is 1. The first-order valence-electron chi connectivity index (χ1n) is 11.8. The number of nitrogens with two attached hydrogens (primary N) is 1. The summed E-state index contributed by atoms with van der Waals surface area (Å²) in [5.41, 5.74) is 9.50. The number of nitrogens with zero attached hydrogens (tertiary/aromatic N) is 4. The molecule has 3 aromatic rings. The van der Waals surface area contributed by atoms with Crippen LogP contribution in [0.25, 0.3) is 11.4 Å². The van der Waals surface area contributed by atoms with Gasteiger partial charge in [0.1, 0.15) is 35.7 Å². The van der Waals surface area contributed by atoms with Gasteiger partial charge in [-0.15, -0.1) is 0 Å². The van der Waals surface area contributed by atoms with E-state index in [2.05, 4.69) is 10.1 Å². The molecule has 1 aliphatic heterocycles. The second-order valence-corrected chi connectivity index (χ2v) is 9.54. The second kappa shape index (κ2) is 9.22. The van der Waals surface area contributed by atoms with Gasteiger partial charge in [0.15, 0.2) is 0 Å². The Morgan fingerprint density at radius 2 is 2.03 bits per heavy atom. The number of hydrogen-bond acceptors (Lipinski definition) is 4. The van der Waals surface area contributed by atoms with E-state index >= 15 is 0 Å². The normalized spacial score (nSPS) is 21.6. The van der Waals surface area contributed by atoms with E-state index in [1.54, 1.807) is 17.8 Å². The number of alkyl halides is 3. The Hall–Kier alpha value is -3.86. The number of aromatic nitrogens is 2. The van der Waals surface area contributed by atoms with E-state index < -0.39 is 29.9 Å². The van der Waals surface area contributed by atoms with Gasteiger partial charge in [-0.05, 0) is 44.0 Å². The predicted molar refractivity (Wildman–Crippen MR) is 127 cm³/mol. The first-order chi connectivity index (χ1) is 17.6. The molecule has 1 fully saturated rings. The first-order valence-corrected chi connectivity index (χ1v) is 11.8. The molecule has 11 heteroatoms. The molecule has 1 aromatic heterocycles. The van der Waals surface area contributed by atoms with Gasteiger partial charge in [-0.3, -0.25) is 4.79 Å². The van der Waals surface area contributed by atoms with E-state index in [0.29, 0.717) is 22.6 Å². The predicted octanol–water partition coefficient (Wildman–Crippen LogP) is 4.51. The van der Waals surface area contributed by atoms with Crippen molar-refractivity contribution in [1.29, 1.82) is 5.53 Å². The fourth-order valence-corrected chi connectivity index (χ4v) is 5.11. The topological polar surface area (TPSA) is 91.0 Å². The number of amides is 1. The average molecular weight is 514 g/mol. The second-order valence-electron chi connectivity index (χ2n) is 9.54. The van der Waals surface area contributed by atoms with Crippen LogP contribution in [0, 0.1) is 23.7 Å². The van der Waals surface area contributed by atoms with Crippen LogP contribution in [0.5, 0.6) is 0 Å². The highest BCUT2D eigenvalue weighted by Crippen LogP contribution is 2.52. The summed E-state index contributed by atoms with van der Waals surface area (Å²) in [6, 6.07) is 10.9. The Morgan fingerprint density at radius 1 is 1.27 bits per heavy atom. The summed E-state index contributed by atoms with van der Waals surface area (Å²) < 4.78 is 56.5. The smallest absolute Gasteiger partial charge is 0.315 e. The Labute approximate surface area is 210 Å². The number of aryl methyl sites for hydroxylation is 1. The number of nitrogens with one attached hydrogen (secondary N) is 1. The van der Waals surface area contributed by atoms with Crippen LogP contribution in [0.4, 0.5) is 23.2 Å². The van der Waals surface area contributed by atoms with E-state index in [9.17, 15) is 22.4 Å². The number of anilines is 1. The zero-order chi connectivity index (χ0) is 26.4. The van der Waals surface area contributed by atoms with Crippen molar-refractivity contribution in [2.45, 2.75) is 38.4 Å². The van der Waals surface area contributed by atoms with Crippen molar-refractivity contribution in [2.24, 2.45) is 10.5 Å². The summed E-state index contributed by atoms with van der Waals surface area (Å²) in [7, 11) is 0. The van der Waals surface area contributed by atoms with Crippen molar-refractivity contribution in [3.8, 4) is 5.69 Å². The highest BCUT2D eigenvalue weighted by Gasteiger charge is 2.65. The van der Waals surface area contributed by atoms with Crippen LogP contribution in [-0.4, -0.2) is 34.2 Å². The summed E-state index contributed by atoms with van der Waals surface area (Å²) in [6.45, 7) is 0.421. The summed E-state index contributed by atoms with van der Waals surface area (Å²) in [6.07, 6.45) is 1.36. The van der Waals surface area contributed by atoms with Crippen LogP contribution in [0.1, 0.15) is 29.7 Å².